The molecule has 0 spiro atoms. The number of ether oxygens (including phenoxy) is 1. The number of nitriles is 1. The van der Waals surface area contributed by atoms with Crippen LogP contribution in [0, 0.1) is 11.3 Å². The molecule has 0 unspecified atom stereocenters. The Bertz CT molecular complexity index is 1530. The van der Waals surface area contributed by atoms with Crippen molar-refractivity contribution in [1.82, 2.24) is 20.1 Å². The van der Waals surface area contributed by atoms with Crippen molar-refractivity contribution in [2.45, 2.75) is 75.4 Å². The summed E-state index contributed by atoms with van der Waals surface area (Å²) in [6.07, 6.45) is 1.07. The molecule has 0 radical (unpaired) electrons. The van der Waals surface area contributed by atoms with Gasteiger partial charge in [-0.3, -0.25) is 4.79 Å². The lowest BCUT2D eigenvalue weighted by molar-refractivity contribution is -0.138. The molecule has 1 amide bonds. The Labute approximate surface area is 236 Å². The van der Waals surface area contributed by atoms with Gasteiger partial charge in [0.2, 0.25) is 0 Å². The molecule has 2 saturated carbocycles. The van der Waals surface area contributed by atoms with Crippen LogP contribution in [-0.2, 0) is 36.5 Å². The van der Waals surface area contributed by atoms with Crippen LogP contribution in [-0.4, -0.2) is 38.9 Å². The fourth-order valence-electron chi connectivity index (χ4n) is 6.46. The number of carbonyl (C=O) groups is 1. The molecule has 1 N–H and O–H groups in total. The van der Waals surface area contributed by atoms with Gasteiger partial charge in [-0.2, -0.15) is 18.4 Å². The van der Waals surface area contributed by atoms with Gasteiger partial charge in [0.25, 0.3) is 5.91 Å². The van der Waals surface area contributed by atoms with Gasteiger partial charge in [0.1, 0.15) is 18.8 Å². The third-order valence-electron chi connectivity index (χ3n) is 8.97. The first kappa shape index (κ1) is 27.4. The Morgan fingerprint density at radius 3 is 2.63 bits per heavy atom. The Kier molecular flexibility index (Phi) is 6.66. The van der Waals surface area contributed by atoms with Crippen molar-refractivity contribution in [1.29, 1.82) is 5.26 Å². The second-order valence-electron chi connectivity index (χ2n) is 11.7. The van der Waals surface area contributed by atoms with E-state index in [0.29, 0.717) is 24.1 Å². The number of nitrogens with zero attached hydrogens (tertiary/aromatic N) is 5. The zero-order chi connectivity index (χ0) is 29.0. The number of alkyl halides is 3. The number of aromatic nitrogens is 3. The highest BCUT2D eigenvalue weighted by Crippen LogP contribution is 2.50. The monoisotopic (exact) mass is 564 g/mol. The lowest BCUT2D eigenvalue weighted by Gasteiger charge is -2.46. The lowest BCUT2D eigenvalue weighted by Crippen LogP contribution is -2.48. The molecular formula is C30H31F3N6O2. The quantitative estimate of drug-likeness (QED) is 0.413. The normalized spacial score (nSPS) is 23.1. The zero-order valence-electron chi connectivity index (χ0n) is 23.0. The van der Waals surface area contributed by atoms with Gasteiger partial charge in [-0.15, -0.1) is 10.2 Å². The van der Waals surface area contributed by atoms with E-state index in [1.807, 2.05) is 35.9 Å². The van der Waals surface area contributed by atoms with E-state index in [1.54, 1.807) is 18.5 Å². The highest BCUT2D eigenvalue weighted by molar-refractivity contribution is 6.10. The summed E-state index contributed by atoms with van der Waals surface area (Å²) in [5.74, 6) is 0.273. The number of carbonyl (C=O) groups excluding carboxylic acids is 1. The highest BCUT2D eigenvalue weighted by Gasteiger charge is 2.51. The van der Waals surface area contributed by atoms with Crippen molar-refractivity contribution in [3.05, 3.63) is 76.4 Å². The number of aryl methyl sites for hydroxylation is 1. The van der Waals surface area contributed by atoms with Crippen molar-refractivity contribution in [2.75, 3.05) is 11.5 Å². The van der Waals surface area contributed by atoms with Crippen LogP contribution in [0.5, 0.6) is 0 Å². The second-order valence-corrected chi connectivity index (χ2v) is 11.7. The average molecular weight is 565 g/mol. The summed E-state index contributed by atoms with van der Waals surface area (Å²) in [4.78, 5) is 15.1. The topological polar surface area (TPSA) is 96.1 Å². The van der Waals surface area contributed by atoms with Crippen molar-refractivity contribution in [3.8, 4) is 6.07 Å². The maximum Gasteiger partial charge on any atom is 0.416 e. The van der Waals surface area contributed by atoms with E-state index in [1.165, 1.54) is 11.0 Å². The number of fused-ring (bicyclic) bond motifs is 1. The highest BCUT2D eigenvalue weighted by atomic mass is 19.4. The predicted molar refractivity (Wildman–Crippen MR) is 144 cm³/mol. The van der Waals surface area contributed by atoms with Gasteiger partial charge >= 0.3 is 6.18 Å². The molecule has 2 aliphatic carbocycles. The molecule has 41 heavy (non-hydrogen) atoms. The minimum absolute atomic E-state index is 0.00290. The summed E-state index contributed by atoms with van der Waals surface area (Å²) in [6.45, 7) is 2.16. The summed E-state index contributed by atoms with van der Waals surface area (Å²) in [5, 5.41) is 20.7. The lowest BCUT2D eigenvalue weighted by atomic mass is 9.62. The van der Waals surface area contributed by atoms with E-state index < -0.39 is 23.1 Å². The van der Waals surface area contributed by atoms with E-state index in [2.05, 4.69) is 22.4 Å². The molecule has 11 heteroatoms. The number of hydrogen-bond acceptors (Lipinski definition) is 6. The summed E-state index contributed by atoms with van der Waals surface area (Å²) in [7, 11) is 1.85. The molecule has 2 fully saturated rings. The van der Waals surface area contributed by atoms with E-state index in [0.717, 1.165) is 30.7 Å². The molecule has 2 aromatic carbocycles. The fourth-order valence-corrected chi connectivity index (χ4v) is 6.46. The molecular weight excluding hydrogens is 533 g/mol. The maximum atomic E-state index is 14.2. The Morgan fingerprint density at radius 1 is 1.22 bits per heavy atom. The Morgan fingerprint density at radius 2 is 2.00 bits per heavy atom. The number of anilines is 1. The molecule has 3 aliphatic rings. The number of amides is 1. The third-order valence-corrected chi connectivity index (χ3v) is 8.97. The molecule has 0 atom stereocenters. The van der Waals surface area contributed by atoms with Crippen molar-refractivity contribution < 1.29 is 22.7 Å². The van der Waals surface area contributed by atoms with Gasteiger partial charge in [0.05, 0.1) is 29.7 Å². The second kappa shape index (κ2) is 9.96. The first-order valence-corrected chi connectivity index (χ1v) is 13.8. The minimum atomic E-state index is -4.59. The Hall–Kier alpha value is -3.75. The van der Waals surface area contributed by atoms with Crippen molar-refractivity contribution in [3.63, 3.8) is 0 Å². The summed E-state index contributed by atoms with van der Waals surface area (Å²) in [5.41, 5.74) is 0.525. The van der Waals surface area contributed by atoms with Crippen LogP contribution in [0.2, 0.25) is 0 Å². The number of benzene rings is 2. The largest absolute Gasteiger partial charge is 0.416 e. The molecule has 6 rings (SSSR count). The maximum absolute atomic E-state index is 14.2. The van der Waals surface area contributed by atoms with E-state index in [-0.39, 0.29) is 42.5 Å². The number of rotatable bonds is 8. The molecule has 0 saturated heterocycles. The molecule has 3 aromatic rings. The minimum Gasteiger partial charge on any atom is -0.363 e. The van der Waals surface area contributed by atoms with Crippen LogP contribution in [0.25, 0.3) is 0 Å². The first-order chi connectivity index (χ1) is 19.5. The predicted octanol–water partition coefficient (Wildman–Crippen LogP) is 5.02. The van der Waals surface area contributed by atoms with Crippen LogP contribution < -0.4 is 10.2 Å². The Balaban J connectivity index is 1.32. The van der Waals surface area contributed by atoms with Crippen LogP contribution in [0.15, 0.2) is 42.7 Å². The molecule has 8 nitrogen and oxygen atoms in total. The number of hydrogen-bond donors (Lipinski definition) is 1. The summed E-state index contributed by atoms with van der Waals surface area (Å²) in [6, 6.07) is 12.1. The zero-order valence-corrected chi connectivity index (χ0v) is 23.0. The number of nitrogens with one attached hydrogen (secondary N) is 1. The molecule has 1 aromatic heterocycles. The molecule has 2 heterocycles. The SMILES string of the molecule is Cn1cnnc1[C@]1(c2cccc(N3Cc4c(cc(CNC5(C)CCC5)cc4C(F)(F)F)C3=O)c2)C[C@H](OCC#N)C1. The van der Waals surface area contributed by atoms with Gasteiger partial charge in [-0.25, -0.2) is 0 Å². The molecule has 1 aliphatic heterocycles. The van der Waals surface area contributed by atoms with Crippen LogP contribution in [0.1, 0.15) is 77.5 Å². The van der Waals surface area contributed by atoms with Crippen LogP contribution in [0.3, 0.4) is 0 Å². The average Bonchev–Trinajstić information content (AvgIpc) is 3.48. The summed E-state index contributed by atoms with van der Waals surface area (Å²) < 4.78 is 50.2. The van der Waals surface area contributed by atoms with E-state index in [4.69, 9.17) is 10.00 Å². The summed E-state index contributed by atoms with van der Waals surface area (Å²) >= 11 is 0. The van der Waals surface area contributed by atoms with Crippen LogP contribution >= 0.6 is 0 Å². The van der Waals surface area contributed by atoms with Crippen molar-refractivity contribution >= 4 is 11.6 Å². The van der Waals surface area contributed by atoms with E-state index >= 15 is 0 Å². The third kappa shape index (κ3) is 4.79. The molecule has 214 valence electrons. The van der Waals surface area contributed by atoms with Crippen LogP contribution in [0.4, 0.5) is 18.9 Å². The van der Waals surface area contributed by atoms with E-state index in [9.17, 15) is 18.0 Å². The van der Waals surface area contributed by atoms with Gasteiger partial charge < -0.3 is 19.5 Å². The van der Waals surface area contributed by atoms with Gasteiger partial charge in [0, 0.05) is 30.4 Å². The van der Waals surface area contributed by atoms with Gasteiger partial charge in [-0.1, -0.05) is 12.1 Å². The fraction of sp³-hybridized carbons (Fsp3) is 0.467. The van der Waals surface area contributed by atoms with Gasteiger partial charge in [-0.05, 0) is 80.0 Å². The first-order valence-electron chi connectivity index (χ1n) is 13.8. The number of halogens is 3. The molecule has 0 bridgehead atoms. The standard InChI is InChI=1S/C30H31F3N6O2/c1-28(7-4-8-28)35-16-19-11-23-24(25(12-19)30(31,32)33)17-39(26(23)40)21-6-3-5-20(13-21)29(27-37-36-18-38(27)2)14-22(15-29)41-10-9-34/h3,5-6,11-13,18,22,35H,4,7-8,10,14-17H2,1-2H3/t22-,29+. The smallest absolute Gasteiger partial charge is 0.363 e. The van der Waals surface area contributed by atoms with Gasteiger partial charge in [0.15, 0.2) is 0 Å². The van der Waals surface area contributed by atoms with Crippen molar-refractivity contribution in [2.24, 2.45) is 7.05 Å².